The van der Waals surface area contributed by atoms with Crippen LogP contribution in [0.4, 0.5) is 0 Å². The van der Waals surface area contributed by atoms with Crippen LogP contribution in [0, 0.1) is 35.5 Å². The SMILES string of the molecule is O=C(O)C12ONCC1CC1C3CCC4=CCC=CC4C3CCC12. The minimum Gasteiger partial charge on any atom is -0.479 e. The van der Waals surface area contributed by atoms with Gasteiger partial charge in [-0.05, 0) is 56.3 Å². The second-order valence-electron chi connectivity index (χ2n) is 8.16. The molecule has 0 spiro atoms. The molecule has 1 aliphatic heterocycles. The van der Waals surface area contributed by atoms with E-state index in [-0.39, 0.29) is 11.8 Å². The summed E-state index contributed by atoms with van der Waals surface area (Å²) in [7, 11) is 0. The molecule has 4 nitrogen and oxygen atoms in total. The molecule has 4 heteroatoms. The number of hydroxylamine groups is 1. The molecule has 124 valence electrons. The average Bonchev–Trinajstić information content (AvgIpc) is 3.11. The van der Waals surface area contributed by atoms with E-state index in [4.69, 9.17) is 4.84 Å². The zero-order valence-electron chi connectivity index (χ0n) is 13.4. The lowest BCUT2D eigenvalue weighted by atomic mass is 9.56. The van der Waals surface area contributed by atoms with Gasteiger partial charge in [0.1, 0.15) is 0 Å². The fourth-order valence-electron chi connectivity index (χ4n) is 6.72. The van der Waals surface area contributed by atoms with Crippen molar-refractivity contribution in [3.05, 3.63) is 23.8 Å². The molecule has 1 heterocycles. The van der Waals surface area contributed by atoms with Gasteiger partial charge in [-0.2, -0.15) is 0 Å². The van der Waals surface area contributed by atoms with Gasteiger partial charge < -0.3 is 5.11 Å². The number of aliphatic carboxylic acids is 1. The lowest BCUT2D eigenvalue weighted by Gasteiger charge is -2.49. The summed E-state index contributed by atoms with van der Waals surface area (Å²) in [6.07, 6.45) is 13.9. The van der Waals surface area contributed by atoms with Gasteiger partial charge in [-0.15, -0.1) is 0 Å². The molecule has 7 atom stereocenters. The molecule has 23 heavy (non-hydrogen) atoms. The highest BCUT2D eigenvalue weighted by molar-refractivity contribution is 5.79. The minimum absolute atomic E-state index is 0.146. The third kappa shape index (κ3) is 1.77. The molecule has 0 aromatic rings. The van der Waals surface area contributed by atoms with E-state index in [0.717, 1.165) is 31.6 Å². The van der Waals surface area contributed by atoms with E-state index < -0.39 is 11.6 Å². The van der Waals surface area contributed by atoms with Crippen LogP contribution in [0.1, 0.15) is 38.5 Å². The predicted molar refractivity (Wildman–Crippen MR) is 85.3 cm³/mol. The summed E-state index contributed by atoms with van der Waals surface area (Å²) in [6.45, 7) is 0.700. The van der Waals surface area contributed by atoms with Crippen LogP contribution in [0.15, 0.2) is 23.8 Å². The van der Waals surface area contributed by atoms with Crippen molar-refractivity contribution >= 4 is 5.97 Å². The van der Waals surface area contributed by atoms with Crippen molar-refractivity contribution in [2.75, 3.05) is 6.54 Å². The Labute approximate surface area is 136 Å². The van der Waals surface area contributed by atoms with Crippen LogP contribution in [-0.2, 0) is 9.63 Å². The summed E-state index contributed by atoms with van der Waals surface area (Å²) in [5.74, 6) is 2.17. The highest BCUT2D eigenvalue weighted by atomic mass is 16.7. The van der Waals surface area contributed by atoms with Crippen LogP contribution < -0.4 is 5.48 Å². The molecule has 2 N–H and O–H groups in total. The molecule has 0 aromatic carbocycles. The summed E-state index contributed by atoms with van der Waals surface area (Å²) < 4.78 is 0. The third-order valence-electron chi connectivity index (χ3n) is 7.56. The van der Waals surface area contributed by atoms with E-state index in [0.29, 0.717) is 24.3 Å². The molecule has 3 saturated carbocycles. The predicted octanol–water partition coefficient (Wildman–Crippen LogP) is 2.92. The zero-order chi connectivity index (χ0) is 15.6. The van der Waals surface area contributed by atoms with Crippen molar-refractivity contribution in [2.45, 2.75) is 44.1 Å². The lowest BCUT2D eigenvalue weighted by molar-refractivity contribution is -0.180. The first-order valence-corrected chi connectivity index (χ1v) is 9.21. The maximum absolute atomic E-state index is 12.1. The number of hydrogen-bond donors (Lipinski definition) is 2. The fourth-order valence-corrected chi connectivity index (χ4v) is 6.72. The topological polar surface area (TPSA) is 58.6 Å². The summed E-state index contributed by atoms with van der Waals surface area (Å²) in [4.78, 5) is 17.8. The molecular weight excluding hydrogens is 290 g/mol. The standard InChI is InChI=1S/C19H25NO3/c21-18(22)19-12(10-20-23-19)9-16-15-6-5-11-3-1-2-4-13(11)14(15)7-8-17(16)19/h2-4,12-17,20H,1,5-10H2,(H,21,22). The molecule has 5 aliphatic rings. The number of hydrogen-bond acceptors (Lipinski definition) is 3. The minimum atomic E-state index is -0.950. The molecular formula is C19H25NO3. The fraction of sp³-hybridized carbons (Fsp3) is 0.737. The van der Waals surface area contributed by atoms with Gasteiger partial charge in [0.05, 0.1) is 0 Å². The van der Waals surface area contributed by atoms with Gasteiger partial charge in [-0.3, -0.25) is 4.84 Å². The Morgan fingerprint density at radius 2 is 2.17 bits per heavy atom. The van der Waals surface area contributed by atoms with Gasteiger partial charge in [-0.25, -0.2) is 10.3 Å². The first kappa shape index (κ1) is 14.2. The summed E-state index contributed by atoms with van der Waals surface area (Å²) in [5.41, 5.74) is 3.59. The first-order valence-electron chi connectivity index (χ1n) is 9.21. The van der Waals surface area contributed by atoms with Gasteiger partial charge in [0.15, 0.2) is 5.60 Å². The first-order chi connectivity index (χ1) is 11.2. The summed E-state index contributed by atoms with van der Waals surface area (Å²) in [6, 6.07) is 0. The van der Waals surface area contributed by atoms with Crippen molar-refractivity contribution in [3.63, 3.8) is 0 Å². The molecule has 4 fully saturated rings. The quantitative estimate of drug-likeness (QED) is 0.731. The van der Waals surface area contributed by atoms with Crippen molar-refractivity contribution in [1.82, 2.24) is 5.48 Å². The van der Waals surface area contributed by atoms with Crippen LogP contribution in [-0.4, -0.2) is 23.2 Å². The molecule has 0 radical (unpaired) electrons. The lowest BCUT2D eigenvalue weighted by Crippen LogP contribution is -2.51. The summed E-state index contributed by atoms with van der Waals surface area (Å²) >= 11 is 0. The average molecular weight is 315 g/mol. The number of carboxylic acids is 1. The second kappa shape index (κ2) is 4.93. The van der Waals surface area contributed by atoms with Crippen LogP contribution in [0.3, 0.4) is 0 Å². The number of nitrogens with one attached hydrogen (secondary N) is 1. The highest BCUT2D eigenvalue weighted by Gasteiger charge is 2.67. The van der Waals surface area contributed by atoms with Crippen LogP contribution in [0.2, 0.25) is 0 Å². The molecule has 7 unspecified atom stereocenters. The molecule has 5 rings (SSSR count). The van der Waals surface area contributed by atoms with Crippen LogP contribution >= 0.6 is 0 Å². The smallest absolute Gasteiger partial charge is 0.338 e. The number of fused-ring (bicyclic) bond motifs is 7. The second-order valence-corrected chi connectivity index (χ2v) is 8.16. The number of carboxylic acid groups (broad SMARTS) is 1. The zero-order valence-corrected chi connectivity index (χ0v) is 13.4. The summed E-state index contributed by atoms with van der Waals surface area (Å²) in [5, 5.41) is 9.91. The van der Waals surface area contributed by atoms with Gasteiger partial charge >= 0.3 is 5.97 Å². The van der Waals surface area contributed by atoms with E-state index in [1.165, 1.54) is 12.8 Å². The molecule has 0 bridgehead atoms. The van der Waals surface area contributed by atoms with E-state index in [2.05, 4.69) is 23.7 Å². The van der Waals surface area contributed by atoms with E-state index in [9.17, 15) is 9.90 Å². The Morgan fingerprint density at radius 3 is 3.04 bits per heavy atom. The van der Waals surface area contributed by atoms with Gasteiger partial charge in [0.25, 0.3) is 0 Å². The molecule has 1 saturated heterocycles. The van der Waals surface area contributed by atoms with Crippen molar-refractivity contribution in [2.24, 2.45) is 35.5 Å². The maximum Gasteiger partial charge on any atom is 0.338 e. The Bertz CT molecular complexity index is 597. The number of allylic oxidation sites excluding steroid dienone is 4. The normalized spacial score (nSPS) is 50.5. The Morgan fingerprint density at radius 1 is 1.26 bits per heavy atom. The third-order valence-corrected chi connectivity index (χ3v) is 7.56. The monoisotopic (exact) mass is 315 g/mol. The molecule has 4 aliphatic carbocycles. The van der Waals surface area contributed by atoms with Gasteiger partial charge in [0, 0.05) is 24.3 Å². The Hall–Kier alpha value is -1.13. The number of carbonyl (C=O) groups is 1. The largest absolute Gasteiger partial charge is 0.479 e. The van der Waals surface area contributed by atoms with Gasteiger partial charge in [0.2, 0.25) is 0 Å². The molecule has 0 aromatic heterocycles. The van der Waals surface area contributed by atoms with E-state index in [1.807, 2.05) is 0 Å². The van der Waals surface area contributed by atoms with E-state index >= 15 is 0 Å². The highest BCUT2D eigenvalue weighted by Crippen LogP contribution is 2.61. The van der Waals surface area contributed by atoms with Crippen LogP contribution in [0.25, 0.3) is 0 Å². The Kier molecular flexibility index (Phi) is 3.05. The van der Waals surface area contributed by atoms with Crippen LogP contribution in [0.5, 0.6) is 0 Å². The van der Waals surface area contributed by atoms with Crippen molar-refractivity contribution in [3.8, 4) is 0 Å². The Balaban J connectivity index is 1.48. The van der Waals surface area contributed by atoms with E-state index in [1.54, 1.807) is 5.57 Å². The van der Waals surface area contributed by atoms with Crippen molar-refractivity contribution < 1.29 is 14.7 Å². The maximum atomic E-state index is 12.1. The molecule has 0 amide bonds. The number of rotatable bonds is 1. The van der Waals surface area contributed by atoms with Gasteiger partial charge in [-0.1, -0.05) is 23.8 Å². The van der Waals surface area contributed by atoms with Crippen molar-refractivity contribution in [1.29, 1.82) is 0 Å².